The van der Waals surface area contributed by atoms with E-state index >= 15 is 0 Å². The molecular formula is C22H26N6. The summed E-state index contributed by atoms with van der Waals surface area (Å²) < 4.78 is 1.89. The average Bonchev–Trinajstić information content (AvgIpc) is 3.09. The molecule has 1 aromatic carbocycles. The molecular weight excluding hydrogens is 348 g/mol. The molecule has 0 unspecified atom stereocenters. The van der Waals surface area contributed by atoms with Gasteiger partial charge in [-0.05, 0) is 29.7 Å². The average molecular weight is 374 g/mol. The molecule has 0 amide bonds. The SMILES string of the molecule is CC1CCCCC1.Cn1cnc2cc(-c3ccc4ncnc(N)c4c3)cnc21. The Balaban J connectivity index is 0.000000233. The molecule has 0 spiro atoms. The van der Waals surface area contributed by atoms with Crippen LogP contribution in [0.15, 0.2) is 43.1 Å². The highest BCUT2D eigenvalue weighted by molar-refractivity contribution is 5.92. The van der Waals surface area contributed by atoms with E-state index in [4.69, 9.17) is 5.73 Å². The Hall–Kier alpha value is -3.02. The van der Waals surface area contributed by atoms with Gasteiger partial charge in [-0.1, -0.05) is 45.1 Å². The first-order valence-electron chi connectivity index (χ1n) is 9.89. The van der Waals surface area contributed by atoms with Gasteiger partial charge in [-0.15, -0.1) is 0 Å². The minimum atomic E-state index is 0.480. The number of imidazole rings is 1. The van der Waals surface area contributed by atoms with Crippen LogP contribution in [-0.4, -0.2) is 24.5 Å². The highest BCUT2D eigenvalue weighted by Gasteiger charge is 2.07. The maximum absolute atomic E-state index is 5.91. The van der Waals surface area contributed by atoms with E-state index in [1.54, 1.807) is 6.33 Å². The number of hydrogen-bond donors (Lipinski definition) is 1. The smallest absolute Gasteiger partial charge is 0.159 e. The van der Waals surface area contributed by atoms with Crippen molar-refractivity contribution in [2.24, 2.45) is 13.0 Å². The second kappa shape index (κ2) is 7.92. The Morgan fingerprint density at radius 2 is 1.75 bits per heavy atom. The van der Waals surface area contributed by atoms with Gasteiger partial charge in [0.05, 0.1) is 11.8 Å². The van der Waals surface area contributed by atoms with Gasteiger partial charge < -0.3 is 10.3 Å². The van der Waals surface area contributed by atoms with Crippen molar-refractivity contribution < 1.29 is 0 Å². The Labute approximate surface area is 164 Å². The van der Waals surface area contributed by atoms with E-state index in [1.165, 1.54) is 38.4 Å². The summed E-state index contributed by atoms with van der Waals surface area (Å²) in [5, 5.41) is 0.844. The number of fused-ring (bicyclic) bond motifs is 2. The molecule has 1 aliphatic rings. The highest BCUT2D eigenvalue weighted by Crippen LogP contribution is 2.27. The van der Waals surface area contributed by atoms with Gasteiger partial charge in [-0.3, -0.25) is 0 Å². The van der Waals surface area contributed by atoms with Crippen LogP contribution in [-0.2, 0) is 7.05 Å². The molecule has 0 saturated heterocycles. The Kier molecular flexibility index (Phi) is 5.19. The van der Waals surface area contributed by atoms with Gasteiger partial charge in [-0.25, -0.2) is 19.9 Å². The largest absolute Gasteiger partial charge is 0.383 e. The third-order valence-corrected chi connectivity index (χ3v) is 5.44. The van der Waals surface area contributed by atoms with Crippen molar-refractivity contribution in [1.29, 1.82) is 0 Å². The summed E-state index contributed by atoms with van der Waals surface area (Å²) in [7, 11) is 1.93. The molecule has 6 nitrogen and oxygen atoms in total. The molecule has 144 valence electrons. The van der Waals surface area contributed by atoms with Gasteiger partial charge in [0.25, 0.3) is 0 Å². The predicted octanol–water partition coefficient (Wildman–Crippen LogP) is 4.75. The lowest BCUT2D eigenvalue weighted by Crippen LogP contribution is -1.99. The zero-order valence-corrected chi connectivity index (χ0v) is 16.5. The fourth-order valence-electron chi connectivity index (χ4n) is 3.74. The first-order chi connectivity index (χ1) is 13.6. The molecule has 4 aromatic rings. The van der Waals surface area contributed by atoms with Gasteiger partial charge in [0, 0.05) is 24.2 Å². The molecule has 0 radical (unpaired) electrons. The first-order valence-corrected chi connectivity index (χ1v) is 9.89. The van der Waals surface area contributed by atoms with Crippen LogP contribution in [0, 0.1) is 5.92 Å². The molecule has 6 heteroatoms. The summed E-state index contributed by atoms with van der Waals surface area (Å²) in [6.07, 6.45) is 12.5. The second-order valence-electron chi connectivity index (χ2n) is 7.66. The summed E-state index contributed by atoms with van der Waals surface area (Å²) >= 11 is 0. The van der Waals surface area contributed by atoms with Gasteiger partial charge in [0.2, 0.25) is 0 Å². The topological polar surface area (TPSA) is 82.5 Å². The van der Waals surface area contributed by atoms with Gasteiger partial charge in [0.15, 0.2) is 5.65 Å². The molecule has 3 aromatic heterocycles. The minimum Gasteiger partial charge on any atom is -0.383 e. The summed E-state index contributed by atoms with van der Waals surface area (Å²) in [6.45, 7) is 2.36. The number of nitrogen functional groups attached to an aromatic ring is 1. The molecule has 1 saturated carbocycles. The maximum Gasteiger partial charge on any atom is 0.159 e. The standard InChI is InChI=1S/C15H12N6.C7H14/c1-21-8-20-13-5-10(6-17-15(13)21)9-2-3-12-11(4-9)14(16)19-7-18-12;1-7-5-3-2-4-6-7/h2-8H,1H3,(H2,16,18,19);7H,2-6H2,1H3. The second-order valence-corrected chi connectivity index (χ2v) is 7.66. The minimum absolute atomic E-state index is 0.480. The number of nitrogens with zero attached hydrogens (tertiary/aromatic N) is 5. The van der Waals surface area contributed by atoms with Crippen LogP contribution in [0.25, 0.3) is 33.2 Å². The summed E-state index contributed by atoms with van der Waals surface area (Å²) in [4.78, 5) is 17.0. The van der Waals surface area contributed by atoms with E-state index in [0.717, 1.165) is 39.1 Å². The van der Waals surface area contributed by atoms with Gasteiger partial charge in [-0.2, -0.15) is 0 Å². The van der Waals surface area contributed by atoms with Crippen LogP contribution in [0.3, 0.4) is 0 Å². The number of aromatic nitrogens is 5. The molecule has 5 rings (SSSR count). The number of pyridine rings is 1. The van der Waals surface area contributed by atoms with Crippen molar-refractivity contribution in [3.63, 3.8) is 0 Å². The van der Waals surface area contributed by atoms with E-state index < -0.39 is 0 Å². The highest BCUT2D eigenvalue weighted by atomic mass is 15.1. The molecule has 0 bridgehead atoms. The van der Waals surface area contributed by atoms with Gasteiger partial charge in [0.1, 0.15) is 17.7 Å². The number of rotatable bonds is 1. The fraction of sp³-hybridized carbons (Fsp3) is 0.364. The summed E-state index contributed by atoms with van der Waals surface area (Å²) in [6, 6.07) is 7.94. The number of benzene rings is 1. The molecule has 0 aliphatic heterocycles. The summed E-state index contributed by atoms with van der Waals surface area (Å²) in [5.74, 6) is 1.52. The van der Waals surface area contributed by atoms with Crippen LogP contribution < -0.4 is 5.73 Å². The third kappa shape index (κ3) is 3.81. The Bertz CT molecular complexity index is 1090. The molecule has 3 heterocycles. The van der Waals surface area contributed by atoms with E-state index in [9.17, 15) is 0 Å². The molecule has 1 aliphatic carbocycles. The monoisotopic (exact) mass is 374 g/mol. The van der Waals surface area contributed by atoms with E-state index in [2.05, 4.69) is 26.9 Å². The molecule has 2 N–H and O–H groups in total. The quantitative estimate of drug-likeness (QED) is 0.520. The van der Waals surface area contributed by atoms with Crippen LogP contribution in [0.5, 0.6) is 0 Å². The van der Waals surface area contributed by atoms with Crippen molar-refractivity contribution in [3.8, 4) is 11.1 Å². The normalized spacial score (nSPS) is 14.8. The fourth-order valence-corrected chi connectivity index (χ4v) is 3.74. The Morgan fingerprint density at radius 1 is 0.929 bits per heavy atom. The number of anilines is 1. The van der Waals surface area contributed by atoms with Crippen LogP contribution in [0.2, 0.25) is 0 Å². The van der Waals surface area contributed by atoms with E-state index in [0.29, 0.717) is 5.82 Å². The zero-order valence-electron chi connectivity index (χ0n) is 16.5. The zero-order chi connectivity index (χ0) is 19.5. The predicted molar refractivity (Wildman–Crippen MR) is 114 cm³/mol. The lowest BCUT2D eigenvalue weighted by atomic mass is 9.91. The van der Waals surface area contributed by atoms with Crippen molar-refractivity contribution >= 4 is 27.9 Å². The molecule has 0 atom stereocenters. The van der Waals surface area contributed by atoms with Crippen molar-refractivity contribution in [1.82, 2.24) is 24.5 Å². The molecule has 1 fully saturated rings. The van der Waals surface area contributed by atoms with Crippen molar-refractivity contribution in [3.05, 3.63) is 43.1 Å². The van der Waals surface area contributed by atoms with E-state index in [1.807, 2.05) is 42.1 Å². The first kappa shape index (κ1) is 18.3. The lowest BCUT2D eigenvalue weighted by Gasteiger charge is -2.15. The number of hydrogen-bond acceptors (Lipinski definition) is 5. The van der Waals surface area contributed by atoms with Crippen molar-refractivity contribution in [2.45, 2.75) is 39.0 Å². The lowest BCUT2D eigenvalue weighted by molar-refractivity contribution is 0.385. The van der Waals surface area contributed by atoms with Crippen LogP contribution >= 0.6 is 0 Å². The van der Waals surface area contributed by atoms with Crippen LogP contribution in [0.1, 0.15) is 39.0 Å². The van der Waals surface area contributed by atoms with Gasteiger partial charge >= 0.3 is 0 Å². The Morgan fingerprint density at radius 3 is 2.50 bits per heavy atom. The molecule has 28 heavy (non-hydrogen) atoms. The maximum atomic E-state index is 5.91. The van der Waals surface area contributed by atoms with Crippen LogP contribution in [0.4, 0.5) is 5.82 Å². The summed E-state index contributed by atoms with van der Waals surface area (Å²) in [5.41, 5.74) is 10.5. The number of nitrogens with two attached hydrogens (primary N) is 1. The third-order valence-electron chi connectivity index (χ3n) is 5.44. The number of aryl methyl sites for hydroxylation is 1. The van der Waals surface area contributed by atoms with Crippen molar-refractivity contribution in [2.75, 3.05) is 5.73 Å². The van der Waals surface area contributed by atoms with E-state index in [-0.39, 0.29) is 0 Å².